The van der Waals surface area contributed by atoms with Crippen molar-refractivity contribution in [3.05, 3.63) is 53.1 Å². The zero-order chi connectivity index (χ0) is 19.3. The quantitative estimate of drug-likeness (QED) is 0.534. The Bertz CT molecular complexity index is 949. The molecule has 2 heterocycles. The molecule has 6 nitrogen and oxygen atoms in total. The highest BCUT2D eigenvalue weighted by Gasteiger charge is 2.18. The Hall–Kier alpha value is -2.22. The lowest BCUT2D eigenvalue weighted by molar-refractivity contribution is 0.171. The summed E-state index contributed by atoms with van der Waals surface area (Å²) in [5, 5.41) is 10.2. The van der Waals surface area contributed by atoms with Crippen LogP contribution in [-0.4, -0.2) is 41.7 Å². The van der Waals surface area contributed by atoms with Crippen molar-refractivity contribution in [2.45, 2.75) is 17.5 Å². The maximum absolute atomic E-state index is 6.35. The fraction of sp³-hybridized carbons (Fsp3) is 0.300. The number of aromatic nitrogens is 3. The molecule has 4 rings (SSSR count). The lowest BCUT2D eigenvalue weighted by atomic mass is 10.2. The van der Waals surface area contributed by atoms with E-state index in [9.17, 15) is 0 Å². The van der Waals surface area contributed by atoms with Crippen LogP contribution in [0.5, 0.6) is 11.5 Å². The molecule has 0 atom stereocenters. The van der Waals surface area contributed by atoms with Crippen molar-refractivity contribution in [3.8, 4) is 22.9 Å². The van der Waals surface area contributed by atoms with Crippen LogP contribution in [0.2, 0.25) is 5.02 Å². The molecule has 1 aliphatic heterocycles. The molecule has 2 aromatic carbocycles. The van der Waals surface area contributed by atoms with Crippen molar-refractivity contribution in [1.29, 1.82) is 0 Å². The van der Waals surface area contributed by atoms with Gasteiger partial charge in [0, 0.05) is 18.4 Å². The van der Waals surface area contributed by atoms with Gasteiger partial charge in [-0.2, -0.15) is 0 Å². The minimum atomic E-state index is 0.520. The summed E-state index contributed by atoms with van der Waals surface area (Å²) >= 11 is 7.95. The molecule has 0 fully saturated rings. The third-order valence-electron chi connectivity index (χ3n) is 4.29. The number of hydrogen-bond donors (Lipinski definition) is 0. The van der Waals surface area contributed by atoms with Crippen molar-refractivity contribution in [3.63, 3.8) is 0 Å². The van der Waals surface area contributed by atoms with E-state index in [0.29, 0.717) is 48.6 Å². The molecule has 0 spiro atoms. The Morgan fingerprint density at radius 3 is 2.79 bits per heavy atom. The molecule has 0 amide bonds. The summed E-state index contributed by atoms with van der Waals surface area (Å²) < 4.78 is 18.6. The van der Waals surface area contributed by atoms with Crippen molar-refractivity contribution in [2.24, 2.45) is 0 Å². The van der Waals surface area contributed by atoms with Gasteiger partial charge in [0.05, 0.1) is 18.2 Å². The molecule has 0 radical (unpaired) electrons. The molecule has 28 heavy (non-hydrogen) atoms. The van der Waals surface area contributed by atoms with Gasteiger partial charge in [0.2, 0.25) is 0 Å². The lowest BCUT2D eigenvalue weighted by Gasteiger charge is -2.20. The number of halogens is 1. The van der Waals surface area contributed by atoms with Crippen molar-refractivity contribution < 1.29 is 14.2 Å². The molecule has 1 aromatic heterocycles. The largest absolute Gasteiger partial charge is 0.486 e. The van der Waals surface area contributed by atoms with E-state index in [1.165, 1.54) is 0 Å². The predicted molar refractivity (Wildman–Crippen MR) is 109 cm³/mol. The summed E-state index contributed by atoms with van der Waals surface area (Å²) in [4.78, 5) is 0. The number of rotatable bonds is 7. The van der Waals surface area contributed by atoms with Crippen LogP contribution < -0.4 is 9.47 Å². The number of fused-ring (bicyclic) bond motifs is 1. The normalized spacial score (nSPS) is 12.9. The van der Waals surface area contributed by atoms with Gasteiger partial charge in [0.15, 0.2) is 22.5 Å². The van der Waals surface area contributed by atoms with Gasteiger partial charge in [-0.1, -0.05) is 53.7 Å². The van der Waals surface area contributed by atoms with E-state index in [0.717, 1.165) is 22.1 Å². The van der Waals surface area contributed by atoms with E-state index in [2.05, 4.69) is 14.8 Å². The van der Waals surface area contributed by atoms with Crippen molar-refractivity contribution >= 4 is 23.4 Å². The maximum Gasteiger partial charge on any atom is 0.191 e. The standard InChI is InChI=1S/C20H20ClN3O3S/c1-25-8-7-24-19(15-5-3-2-4-6-15)22-23-20(24)28-13-14-11-16(21)18-17(12-14)26-9-10-27-18/h2-6,11-12H,7-10,13H2,1H3. The molecular formula is C20H20ClN3O3S. The Morgan fingerprint density at radius 2 is 1.96 bits per heavy atom. The van der Waals surface area contributed by atoms with Crippen LogP contribution in [0.25, 0.3) is 11.4 Å². The Balaban J connectivity index is 1.56. The zero-order valence-corrected chi connectivity index (χ0v) is 17.0. The summed E-state index contributed by atoms with van der Waals surface area (Å²) in [6.45, 7) is 2.32. The van der Waals surface area contributed by atoms with E-state index in [-0.39, 0.29) is 0 Å². The van der Waals surface area contributed by atoms with E-state index in [1.54, 1.807) is 18.9 Å². The predicted octanol–water partition coefficient (Wildman–Crippen LogP) is 4.31. The van der Waals surface area contributed by atoms with Gasteiger partial charge in [-0.3, -0.25) is 4.57 Å². The summed E-state index contributed by atoms with van der Waals surface area (Å²) in [7, 11) is 1.69. The van der Waals surface area contributed by atoms with Crippen LogP contribution in [0.15, 0.2) is 47.6 Å². The average Bonchev–Trinajstić information content (AvgIpc) is 3.14. The molecule has 0 saturated heterocycles. The van der Waals surface area contributed by atoms with E-state index in [4.69, 9.17) is 25.8 Å². The smallest absolute Gasteiger partial charge is 0.191 e. The van der Waals surface area contributed by atoms with Gasteiger partial charge in [0.1, 0.15) is 13.2 Å². The van der Waals surface area contributed by atoms with Crippen LogP contribution in [0.4, 0.5) is 0 Å². The first-order valence-corrected chi connectivity index (χ1v) is 10.3. The second-order valence-electron chi connectivity index (χ2n) is 6.21. The van der Waals surface area contributed by atoms with Crippen molar-refractivity contribution in [2.75, 3.05) is 26.9 Å². The minimum Gasteiger partial charge on any atom is -0.486 e. The number of thioether (sulfide) groups is 1. The molecule has 0 aliphatic carbocycles. The summed E-state index contributed by atoms with van der Waals surface area (Å²) in [5.41, 5.74) is 2.07. The fourth-order valence-electron chi connectivity index (χ4n) is 2.98. The molecule has 3 aromatic rings. The highest BCUT2D eigenvalue weighted by molar-refractivity contribution is 7.98. The topological polar surface area (TPSA) is 58.4 Å². The number of ether oxygens (including phenoxy) is 3. The Kier molecular flexibility index (Phi) is 6.04. The first-order chi connectivity index (χ1) is 13.8. The lowest BCUT2D eigenvalue weighted by Crippen LogP contribution is -2.15. The first-order valence-electron chi connectivity index (χ1n) is 8.94. The monoisotopic (exact) mass is 417 g/mol. The molecular weight excluding hydrogens is 398 g/mol. The molecule has 1 aliphatic rings. The van der Waals surface area contributed by atoms with Gasteiger partial charge >= 0.3 is 0 Å². The van der Waals surface area contributed by atoms with Crippen LogP contribution in [-0.2, 0) is 17.0 Å². The molecule has 0 saturated carbocycles. The van der Waals surface area contributed by atoms with E-state index in [1.807, 2.05) is 42.5 Å². The first kappa shape index (κ1) is 19.1. The molecule has 0 bridgehead atoms. The molecule has 0 N–H and O–H groups in total. The van der Waals surface area contributed by atoms with E-state index < -0.39 is 0 Å². The molecule has 8 heteroatoms. The Labute approximate surface area is 172 Å². The average molecular weight is 418 g/mol. The van der Waals surface area contributed by atoms with E-state index >= 15 is 0 Å². The third-order valence-corrected chi connectivity index (χ3v) is 5.61. The van der Waals surface area contributed by atoms with Gasteiger partial charge in [0.25, 0.3) is 0 Å². The number of nitrogens with zero attached hydrogens (tertiary/aromatic N) is 3. The number of methoxy groups -OCH3 is 1. The van der Waals surface area contributed by atoms with Gasteiger partial charge in [-0.15, -0.1) is 10.2 Å². The fourth-order valence-corrected chi connectivity index (χ4v) is 4.16. The number of benzene rings is 2. The molecule has 0 unspecified atom stereocenters. The van der Waals surface area contributed by atoms with Gasteiger partial charge in [-0.25, -0.2) is 0 Å². The zero-order valence-electron chi connectivity index (χ0n) is 15.4. The van der Waals surface area contributed by atoms with Gasteiger partial charge in [-0.05, 0) is 17.7 Å². The summed E-state index contributed by atoms with van der Waals surface area (Å²) in [6.07, 6.45) is 0. The molecule has 146 valence electrons. The summed E-state index contributed by atoms with van der Waals surface area (Å²) in [6, 6.07) is 13.9. The second-order valence-corrected chi connectivity index (χ2v) is 7.56. The minimum absolute atomic E-state index is 0.520. The highest BCUT2D eigenvalue weighted by atomic mass is 35.5. The SMILES string of the molecule is COCCn1c(SCc2cc(Cl)c3c(c2)OCCO3)nnc1-c1ccccc1. The van der Waals surface area contributed by atoms with Crippen LogP contribution in [0, 0.1) is 0 Å². The van der Waals surface area contributed by atoms with Crippen molar-refractivity contribution in [1.82, 2.24) is 14.8 Å². The summed E-state index contributed by atoms with van der Waals surface area (Å²) in [5.74, 6) is 2.84. The van der Waals surface area contributed by atoms with Crippen LogP contribution in [0.1, 0.15) is 5.56 Å². The van der Waals surface area contributed by atoms with Crippen LogP contribution in [0.3, 0.4) is 0 Å². The second kappa shape index (κ2) is 8.86. The Morgan fingerprint density at radius 1 is 1.14 bits per heavy atom. The maximum atomic E-state index is 6.35. The van der Waals surface area contributed by atoms with Crippen LogP contribution >= 0.6 is 23.4 Å². The highest BCUT2D eigenvalue weighted by Crippen LogP contribution is 2.39. The number of hydrogen-bond acceptors (Lipinski definition) is 6. The third kappa shape index (κ3) is 4.11. The van der Waals surface area contributed by atoms with Gasteiger partial charge < -0.3 is 14.2 Å².